The van der Waals surface area contributed by atoms with Crippen LogP contribution in [0.15, 0.2) is 57.4 Å². The lowest BCUT2D eigenvalue weighted by molar-refractivity contribution is -0.131. The average Bonchev–Trinajstić information content (AvgIpc) is 3.40. The first-order chi connectivity index (χ1) is 13.9. The summed E-state index contributed by atoms with van der Waals surface area (Å²) in [7, 11) is -3.92. The molecule has 4 rings (SSSR count). The zero-order chi connectivity index (χ0) is 20.4. The molecule has 0 saturated carbocycles. The number of halogens is 1. The summed E-state index contributed by atoms with van der Waals surface area (Å²) in [5, 5.41) is 2.52. The van der Waals surface area contributed by atoms with Crippen LogP contribution in [-0.2, 0) is 21.2 Å². The fourth-order valence-corrected chi connectivity index (χ4v) is 5.41. The summed E-state index contributed by atoms with van der Waals surface area (Å²) in [5.74, 6) is -0.244. The summed E-state index contributed by atoms with van der Waals surface area (Å²) in [6, 6.07) is 8.88. The number of rotatable bonds is 5. The second-order valence-electron chi connectivity index (χ2n) is 6.51. The van der Waals surface area contributed by atoms with Crippen LogP contribution in [0, 0.1) is 5.82 Å². The van der Waals surface area contributed by atoms with Gasteiger partial charge in [0.25, 0.3) is 0 Å². The number of carbonyl (C=O) groups excluding carboxylic acids is 1. The molecule has 1 fully saturated rings. The summed E-state index contributed by atoms with van der Waals surface area (Å²) in [6.07, 6.45) is 1.70. The summed E-state index contributed by atoms with van der Waals surface area (Å²) >= 11 is 1.40. The molecule has 0 aliphatic carbocycles. The van der Waals surface area contributed by atoms with Crippen LogP contribution >= 0.6 is 11.3 Å². The third-order valence-electron chi connectivity index (χ3n) is 4.66. The Kier molecular flexibility index (Phi) is 5.48. The second kappa shape index (κ2) is 8.05. The molecule has 152 valence electrons. The summed E-state index contributed by atoms with van der Waals surface area (Å²) < 4.78 is 45.7. The molecule has 2 aromatic heterocycles. The third kappa shape index (κ3) is 4.09. The van der Waals surface area contributed by atoms with Crippen molar-refractivity contribution < 1.29 is 22.0 Å². The molecule has 1 amide bonds. The van der Waals surface area contributed by atoms with E-state index in [9.17, 15) is 17.6 Å². The number of hydrogen-bond acceptors (Lipinski definition) is 6. The van der Waals surface area contributed by atoms with E-state index in [4.69, 9.17) is 4.42 Å². The van der Waals surface area contributed by atoms with E-state index in [-0.39, 0.29) is 43.4 Å². The van der Waals surface area contributed by atoms with Crippen molar-refractivity contribution in [3.63, 3.8) is 0 Å². The van der Waals surface area contributed by atoms with E-state index < -0.39 is 15.8 Å². The maximum atomic E-state index is 13.9. The molecule has 29 heavy (non-hydrogen) atoms. The Morgan fingerprint density at radius 2 is 1.90 bits per heavy atom. The highest BCUT2D eigenvalue weighted by atomic mass is 32.2. The van der Waals surface area contributed by atoms with Gasteiger partial charge in [-0.15, -0.1) is 11.3 Å². The smallest absolute Gasteiger partial charge is 0.246 e. The molecule has 1 aromatic carbocycles. The predicted octanol–water partition coefficient (Wildman–Crippen LogP) is 2.62. The van der Waals surface area contributed by atoms with Crippen molar-refractivity contribution in [3.8, 4) is 10.8 Å². The van der Waals surface area contributed by atoms with Crippen LogP contribution in [0.25, 0.3) is 10.8 Å². The largest absolute Gasteiger partial charge is 0.462 e. The highest BCUT2D eigenvalue weighted by molar-refractivity contribution is 7.89. The number of piperazine rings is 1. The molecule has 7 nitrogen and oxygen atoms in total. The normalized spacial score (nSPS) is 15.6. The van der Waals surface area contributed by atoms with Crippen LogP contribution < -0.4 is 0 Å². The van der Waals surface area contributed by atoms with Crippen LogP contribution in [0.3, 0.4) is 0 Å². The van der Waals surface area contributed by atoms with Crippen LogP contribution in [0.1, 0.15) is 5.69 Å². The van der Waals surface area contributed by atoms with Gasteiger partial charge in [-0.25, -0.2) is 17.8 Å². The van der Waals surface area contributed by atoms with Crippen LogP contribution in [0.2, 0.25) is 0 Å². The number of thiazole rings is 1. The SMILES string of the molecule is O=C(Cc1csc(-c2ccco2)n1)N1CCN(S(=O)(=O)c2ccccc2F)CC1. The lowest BCUT2D eigenvalue weighted by Crippen LogP contribution is -2.51. The van der Waals surface area contributed by atoms with Gasteiger partial charge < -0.3 is 9.32 Å². The topological polar surface area (TPSA) is 83.7 Å². The molecule has 0 atom stereocenters. The molecule has 3 heterocycles. The molecule has 1 aliphatic rings. The lowest BCUT2D eigenvalue weighted by Gasteiger charge is -2.34. The number of nitrogens with zero attached hydrogens (tertiary/aromatic N) is 3. The third-order valence-corrected chi connectivity index (χ3v) is 7.50. The van der Waals surface area contributed by atoms with Gasteiger partial charge in [-0.2, -0.15) is 4.31 Å². The zero-order valence-corrected chi connectivity index (χ0v) is 17.0. The van der Waals surface area contributed by atoms with E-state index >= 15 is 0 Å². The summed E-state index contributed by atoms with van der Waals surface area (Å²) in [4.78, 5) is 18.3. The van der Waals surface area contributed by atoms with Crippen molar-refractivity contribution in [1.29, 1.82) is 0 Å². The van der Waals surface area contributed by atoms with E-state index in [1.54, 1.807) is 23.3 Å². The zero-order valence-electron chi connectivity index (χ0n) is 15.3. The monoisotopic (exact) mass is 435 g/mol. The van der Waals surface area contributed by atoms with E-state index in [2.05, 4.69) is 4.98 Å². The number of benzene rings is 1. The van der Waals surface area contributed by atoms with E-state index in [0.29, 0.717) is 16.5 Å². The van der Waals surface area contributed by atoms with Gasteiger partial charge in [0, 0.05) is 31.6 Å². The van der Waals surface area contributed by atoms with E-state index in [1.165, 1.54) is 33.8 Å². The van der Waals surface area contributed by atoms with Gasteiger partial charge >= 0.3 is 0 Å². The van der Waals surface area contributed by atoms with Gasteiger partial charge in [-0.05, 0) is 24.3 Å². The van der Waals surface area contributed by atoms with E-state index in [1.807, 2.05) is 5.38 Å². The van der Waals surface area contributed by atoms with E-state index in [0.717, 1.165) is 6.07 Å². The van der Waals surface area contributed by atoms with Crippen molar-refractivity contribution in [2.45, 2.75) is 11.3 Å². The first-order valence-corrected chi connectivity index (χ1v) is 11.3. The van der Waals surface area contributed by atoms with Crippen molar-refractivity contribution in [2.75, 3.05) is 26.2 Å². The first-order valence-electron chi connectivity index (χ1n) is 8.96. The van der Waals surface area contributed by atoms with Gasteiger partial charge in [-0.1, -0.05) is 12.1 Å². The minimum Gasteiger partial charge on any atom is -0.462 e. The molecular formula is C19H18FN3O4S2. The Morgan fingerprint density at radius 1 is 1.14 bits per heavy atom. The molecule has 0 N–H and O–H groups in total. The molecular weight excluding hydrogens is 417 g/mol. The van der Waals surface area contributed by atoms with Gasteiger partial charge in [0.2, 0.25) is 15.9 Å². The van der Waals surface area contributed by atoms with Crippen molar-refractivity contribution in [3.05, 3.63) is 59.6 Å². The van der Waals surface area contributed by atoms with Gasteiger partial charge in [0.05, 0.1) is 18.4 Å². The standard InChI is InChI=1S/C19H18FN3O4S2/c20-15-4-1-2-6-17(15)29(25,26)23-9-7-22(8-10-23)18(24)12-14-13-28-19(21-14)16-5-3-11-27-16/h1-6,11,13H,7-10,12H2. The quantitative estimate of drug-likeness (QED) is 0.615. The van der Waals surface area contributed by atoms with Crippen LogP contribution in [0.4, 0.5) is 4.39 Å². The highest BCUT2D eigenvalue weighted by Crippen LogP contribution is 2.25. The van der Waals surface area contributed by atoms with Gasteiger partial charge in [-0.3, -0.25) is 4.79 Å². The number of carbonyl (C=O) groups is 1. The fraction of sp³-hybridized carbons (Fsp3) is 0.263. The molecule has 0 spiro atoms. The maximum Gasteiger partial charge on any atom is 0.246 e. The Bertz CT molecular complexity index is 1100. The van der Waals surface area contributed by atoms with Crippen molar-refractivity contribution >= 4 is 27.3 Å². The van der Waals surface area contributed by atoms with Gasteiger partial charge in [0.15, 0.2) is 10.8 Å². The average molecular weight is 436 g/mol. The highest BCUT2D eigenvalue weighted by Gasteiger charge is 2.31. The van der Waals surface area contributed by atoms with Crippen LogP contribution in [0.5, 0.6) is 0 Å². The molecule has 3 aromatic rings. The predicted molar refractivity (Wildman–Crippen MR) is 105 cm³/mol. The number of amides is 1. The molecule has 0 radical (unpaired) electrons. The molecule has 0 bridgehead atoms. The van der Waals surface area contributed by atoms with Crippen molar-refractivity contribution in [2.24, 2.45) is 0 Å². The molecule has 1 saturated heterocycles. The molecule has 0 unspecified atom stereocenters. The Labute approximate surface area is 171 Å². The molecule has 10 heteroatoms. The second-order valence-corrected chi connectivity index (χ2v) is 9.28. The molecule has 1 aliphatic heterocycles. The number of hydrogen-bond donors (Lipinski definition) is 0. The fourth-order valence-electron chi connectivity index (χ4n) is 3.14. The Hall–Kier alpha value is -2.56. The summed E-state index contributed by atoms with van der Waals surface area (Å²) in [5.41, 5.74) is 0.646. The number of aromatic nitrogens is 1. The van der Waals surface area contributed by atoms with Gasteiger partial charge in [0.1, 0.15) is 10.7 Å². The van der Waals surface area contributed by atoms with Crippen LogP contribution in [-0.4, -0.2) is 54.7 Å². The first kappa shape index (κ1) is 19.7. The van der Waals surface area contributed by atoms with Crippen molar-refractivity contribution in [1.82, 2.24) is 14.2 Å². The minimum atomic E-state index is -3.92. The number of furan rings is 1. The summed E-state index contributed by atoms with van der Waals surface area (Å²) in [6.45, 7) is 0.748. The number of sulfonamides is 1. The minimum absolute atomic E-state index is 0.121. The maximum absolute atomic E-state index is 13.9. The lowest BCUT2D eigenvalue weighted by atomic mass is 10.2. The Balaban J connectivity index is 1.37. The Morgan fingerprint density at radius 3 is 2.59 bits per heavy atom.